The summed E-state index contributed by atoms with van der Waals surface area (Å²) in [6.45, 7) is 13.4. The molecule has 0 atom stereocenters. The Labute approximate surface area is 361 Å². The monoisotopic (exact) mass is 876 g/mol. The summed E-state index contributed by atoms with van der Waals surface area (Å²) >= 11 is -0.826. The summed E-state index contributed by atoms with van der Waals surface area (Å²) < 4.78 is 0. The molecular formula is C52H64Cl2SiZr. The number of aryl methyl sites for hydroxylation is 2. The van der Waals surface area contributed by atoms with Crippen LogP contribution < -0.4 is 0 Å². The quantitative estimate of drug-likeness (QED) is 0.106. The van der Waals surface area contributed by atoms with Crippen molar-refractivity contribution in [2.75, 3.05) is 0 Å². The molecule has 2 fully saturated rings. The van der Waals surface area contributed by atoms with Gasteiger partial charge < -0.3 is 0 Å². The molecule has 2 radical (unpaired) electrons. The van der Waals surface area contributed by atoms with E-state index in [0.29, 0.717) is 10.8 Å². The van der Waals surface area contributed by atoms with Gasteiger partial charge in [-0.3, -0.25) is 0 Å². The molecule has 0 nitrogen and oxygen atoms in total. The zero-order valence-corrected chi connectivity index (χ0v) is 40.0. The summed E-state index contributed by atoms with van der Waals surface area (Å²) in [6.07, 6.45) is 19.3. The topological polar surface area (TPSA) is 0 Å². The summed E-state index contributed by atoms with van der Waals surface area (Å²) in [5, 5.41) is 5.64. The minimum absolute atomic E-state index is 0.548. The molecule has 0 saturated heterocycles. The van der Waals surface area contributed by atoms with Crippen LogP contribution in [0.2, 0.25) is 13.1 Å². The standard InChI is InChI=1S/2C25H29.C2H6Si.2ClH.Zr/c2*1-3-25(14-5-4-6-15-25)18-20-16-22-8-7-9-23(24(22)17-20)21-12-10-19(2)11-13-21;1-3-2;;;/h2*7-13,16-17H,3-6,14-15,18H2,1-2H3;1-2H3;2*1H;/q2*-1;;;;+4/p-2. The van der Waals surface area contributed by atoms with E-state index in [9.17, 15) is 0 Å². The van der Waals surface area contributed by atoms with Gasteiger partial charge in [-0.1, -0.05) is 161 Å². The van der Waals surface area contributed by atoms with E-state index in [1.807, 2.05) is 0 Å². The zero-order valence-electron chi connectivity index (χ0n) is 35.0. The fraction of sp³-hybridized carbons (Fsp3) is 0.423. The van der Waals surface area contributed by atoms with E-state index in [-0.39, 0.29) is 0 Å². The van der Waals surface area contributed by atoms with Crippen LogP contribution in [0.1, 0.15) is 113 Å². The van der Waals surface area contributed by atoms with Crippen molar-refractivity contribution in [1.29, 1.82) is 0 Å². The van der Waals surface area contributed by atoms with E-state index in [0.717, 1.165) is 9.52 Å². The number of benzene rings is 4. The van der Waals surface area contributed by atoms with Crippen LogP contribution in [0.3, 0.4) is 0 Å². The van der Waals surface area contributed by atoms with E-state index >= 15 is 0 Å². The van der Waals surface area contributed by atoms with E-state index in [2.05, 4.69) is 150 Å². The van der Waals surface area contributed by atoms with Crippen molar-refractivity contribution in [3.05, 3.63) is 131 Å². The Morgan fingerprint density at radius 2 is 0.893 bits per heavy atom. The Bertz CT molecular complexity index is 1890. The predicted molar refractivity (Wildman–Crippen MR) is 248 cm³/mol. The molecule has 4 heteroatoms. The Morgan fingerprint density at radius 3 is 1.21 bits per heavy atom. The second-order valence-electron chi connectivity index (χ2n) is 16.8. The molecule has 56 heavy (non-hydrogen) atoms. The summed E-state index contributed by atoms with van der Waals surface area (Å²) in [7, 11) is 11.0. The van der Waals surface area contributed by atoms with E-state index in [4.69, 9.17) is 17.0 Å². The fourth-order valence-corrected chi connectivity index (χ4v) is 9.55. The Morgan fingerprint density at radius 1 is 0.554 bits per heavy atom. The first-order valence-electron chi connectivity index (χ1n) is 21.3. The first-order chi connectivity index (χ1) is 27.2. The van der Waals surface area contributed by atoms with Crippen LogP contribution in [0.25, 0.3) is 43.8 Å². The van der Waals surface area contributed by atoms with E-state index < -0.39 is 20.8 Å². The average Bonchev–Trinajstić information content (AvgIpc) is 3.83. The SMILES string of the molecule is CCC1(Cc2cc3c(-c4ccc(C)cc4)cccc3[cH-]2)CCCCC1.CCC1(Cc2cc3c(-c4ccc(C)cc4)cccc3[cH-]2)CCCCC1.C[Si]C.[Cl][Zr+2][Cl]. The molecule has 0 amide bonds. The summed E-state index contributed by atoms with van der Waals surface area (Å²) in [4.78, 5) is 0. The first-order valence-corrected chi connectivity index (χ1v) is 29.6. The van der Waals surface area contributed by atoms with Crippen LogP contribution >= 0.6 is 17.0 Å². The van der Waals surface area contributed by atoms with Crippen LogP contribution in [-0.4, -0.2) is 9.52 Å². The molecular weight excluding hydrogens is 815 g/mol. The molecule has 2 saturated carbocycles. The average molecular weight is 879 g/mol. The van der Waals surface area contributed by atoms with Crippen molar-refractivity contribution in [3.63, 3.8) is 0 Å². The Hall–Kier alpha value is -2.22. The molecule has 0 aliphatic heterocycles. The van der Waals surface area contributed by atoms with Gasteiger partial charge in [-0.2, -0.15) is 12.1 Å². The minimum atomic E-state index is -0.826. The molecule has 6 aromatic rings. The van der Waals surface area contributed by atoms with Crippen molar-refractivity contribution in [3.8, 4) is 22.3 Å². The van der Waals surface area contributed by atoms with Crippen molar-refractivity contribution >= 4 is 48.1 Å². The maximum absolute atomic E-state index is 4.93. The van der Waals surface area contributed by atoms with E-state index in [1.54, 1.807) is 11.1 Å². The van der Waals surface area contributed by atoms with Crippen LogP contribution in [0.4, 0.5) is 0 Å². The van der Waals surface area contributed by atoms with Gasteiger partial charge >= 0.3 is 37.9 Å². The van der Waals surface area contributed by atoms with Crippen LogP contribution in [-0.2, 0) is 33.7 Å². The first kappa shape index (κ1) is 44.9. The molecule has 8 rings (SSSR count). The Balaban J connectivity index is 0.000000188. The molecule has 294 valence electrons. The number of hydrogen-bond donors (Lipinski definition) is 0. The summed E-state index contributed by atoms with van der Waals surface area (Å²) in [5.41, 5.74) is 12.2. The molecule has 6 aromatic carbocycles. The Kier molecular flexibility index (Phi) is 17.8. The number of hydrogen-bond acceptors (Lipinski definition) is 0. The van der Waals surface area contributed by atoms with Gasteiger partial charge in [-0.15, -0.1) is 69.1 Å². The van der Waals surface area contributed by atoms with Crippen LogP contribution in [0.15, 0.2) is 109 Å². The molecule has 0 heterocycles. The maximum atomic E-state index is 4.93. The van der Waals surface area contributed by atoms with Crippen LogP contribution in [0.5, 0.6) is 0 Å². The third-order valence-electron chi connectivity index (χ3n) is 12.8. The molecule has 2 aliphatic carbocycles. The molecule has 0 N–H and O–H groups in total. The second-order valence-corrected chi connectivity index (χ2v) is 21.6. The predicted octanol–water partition coefficient (Wildman–Crippen LogP) is 17.0. The fourth-order valence-electron chi connectivity index (χ4n) is 9.55. The van der Waals surface area contributed by atoms with Gasteiger partial charge in [0, 0.05) is 9.52 Å². The van der Waals surface area contributed by atoms with Crippen molar-refractivity contribution in [1.82, 2.24) is 0 Å². The summed E-state index contributed by atoms with van der Waals surface area (Å²) in [5.74, 6) is 0. The van der Waals surface area contributed by atoms with Gasteiger partial charge in [0.15, 0.2) is 0 Å². The third kappa shape index (κ3) is 11.9. The van der Waals surface area contributed by atoms with E-state index in [1.165, 1.54) is 145 Å². The number of rotatable bonds is 8. The van der Waals surface area contributed by atoms with Gasteiger partial charge in [0.05, 0.1) is 0 Å². The second kappa shape index (κ2) is 22.2. The zero-order chi connectivity index (χ0) is 40.0. The molecule has 0 bridgehead atoms. The third-order valence-corrected chi connectivity index (χ3v) is 12.8. The molecule has 0 spiro atoms. The van der Waals surface area contributed by atoms with Gasteiger partial charge in [-0.05, 0) is 74.3 Å². The van der Waals surface area contributed by atoms with Crippen LogP contribution in [0, 0.1) is 24.7 Å². The van der Waals surface area contributed by atoms with Crippen molar-refractivity contribution in [2.24, 2.45) is 10.8 Å². The van der Waals surface area contributed by atoms with Gasteiger partial charge in [0.1, 0.15) is 0 Å². The van der Waals surface area contributed by atoms with Crippen molar-refractivity contribution in [2.45, 2.75) is 131 Å². The normalized spacial score (nSPS) is 15.7. The number of halogens is 2. The van der Waals surface area contributed by atoms with Gasteiger partial charge in [-0.25, -0.2) is 0 Å². The number of fused-ring (bicyclic) bond motifs is 2. The van der Waals surface area contributed by atoms with Gasteiger partial charge in [0.25, 0.3) is 0 Å². The molecule has 0 aromatic heterocycles. The molecule has 2 aliphatic rings. The molecule has 0 unspecified atom stereocenters. The summed E-state index contributed by atoms with van der Waals surface area (Å²) in [6, 6.07) is 41.2. The van der Waals surface area contributed by atoms with Crippen molar-refractivity contribution < 1.29 is 20.8 Å². The van der Waals surface area contributed by atoms with Gasteiger partial charge in [0.2, 0.25) is 0 Å².